The molecule has 90 valence electrons. The van der Waals surface area contributed by atoms with E-state index in [9.17, 15) is 0 Å². The van der Waals surface area contributed by atoms with Crippen LogP contribution in [-0.4, -0.2) is 36.1 Å². The second-order valence-electron chi connectivity index (χ2n) is 4.61. The van der Waals surface area contributed by atoms with Gasteiger partial charge in [-0.15, -0.1) is 0 Å². The molecule has 0 aliphatic heterocycles. The largest absolute Gasteiger partial charge is 0.473 e. The molecule has 1 heterocycles. The van der Waals surface area contributed by atoms with Crippen molar-refractivity contribution in [3.8, 4) is 11.9 Å². The Morgan fingerprint density at radius 2 is 2.29 bits per heavy atom. The van der Waals surface area contributed by atoms with Gasteiger partial charge in [0.1, 0.15) is 6.10 Å². The smallest absolute Gasteiger partial charge is 0.214 e. The molecule has 2 rings (SSSR count). The third-order valence-corrected chi connectivity index (χ3v) is 3.22. The summed E-state index contributed by atoms with van der Waals surface area (Å²) in [7, 11) is 4.15. The molecule has 0 N–H and O–H groups in total. The van der Waals surface area contributed by atoms with Gasteiger partial charge in [-0.3, -0.25) is 0 Å². The third-order valence-electron chi connectivity index (χ3n) is 3.22. The van der Waals surface area contributed by atoms with Crippen molar-refractivity contribution in [2.24, 2.45) is 0 Å². The molecule has 2 unspecified atom stereocenters. The SMILES string of the molecule is CN(C)C1CCCC1Oc1cc(C#N)ccn1. The van der Waals surface area contributed by atoms with Crippen molar-refractivity contribution in [1.29, 1.82) is 5.26 Å². The summed E-state index contributed by atoms with van der Waals surface area (Å²) in [6.07, 6.45) is 5.21. The van der Waals surface area contributed by atoms with Crippen molar-refractivity contribution in [2.75, 3.05) is 14.1 Å². The number of nitrogens with zero attached hydrogens (tertiary/aromatic N) is 3. The van der Waals surface area contributed by atoms with Crippen LogP contribution in [0.2, 0.25) is 0 Å². The number of nitriles is 1. The van der Waals surface area contributed by atoms with Crippen LogP contribution in [0, 0.1) is 11.3 Å². The lowest BCUT2D eigenvalue weighted by molar-refractivity contribution is 0.116. The molecule has 0 amide bonds. The molecule has 1 aliphatic carbocycles. The van der Waals surface area contributed by atoms with E-state index in [1.165, 1.54) is 6.42 Å². The van der Waals surface area contributed by atoms with Crippen molar-refractivity contribution in [3.63, 3.8) is 0 Å². The van der Waals surface area contributed by atoms with Crippen molar-refractivity contribution in [3.05, 3.63) is 23.9 Å². The maximum Gasteiger partial charge on any atom is 0.214 e. The first-order valence-corrected chi connectivity index (χ1v) is 5.90. The first-order chi connectivity index (χ1) is 8.20. The number of ether oxygens (including phenoxy) is 1. The summed E-state index contributed by atoms with van der Waals surface area (Å²) in [5.41, 5.74) is 0.592. The van der Waals surface area contributed by atoms with Gasteiger partial charge >= 0.3 is 0 Å². The van der Waals surface area contributed by atoms with Crippen LogP contribution < -0.4 is 4.74 Å². The molecular weight excluding hydrogens is 214 g/mol. The molecule has 17 heavy (non-hydrogen) atoms. The number of hydrogen-bond donors (Lipinski definition) is 0. The highest BCUT2D eigenvalue weighted by Gasteiger charge is 2.30. The fraction of sp³-hybridized carbons (Fsp3) is 0.538. The van der Waals surface area contributed by atoms with Crippen molar-refractivity contribution in [1.82, 2.24) is 9.88 Å². The Morgan fingerprint density at radius 1 is 1.47 bits per heavy atom. The summed E-state index contributed by atoms with van der Waals surface area (Å²) >= 11 is 0. The van der Waals surface area contributed by atoms with Gasteiger partial charge in [0.15, 0.2) is 0 Å². The van der Waals surface area contributed by atoms with E-state index in [4.69, 9.17) is 10.00 Å². The number of aromatic nitrogens is 1. The monoisotopic (exact) mass is 231 g/mol. The molecule has 1 aromatic heterocycles. The molecule has 1 aliphatic rings. The maximum atomic E-state index is 8.82. The lowest BCUT2D eigenvalue weighted by Crippen LogP contribution is -2.38. The molecule has 1 fully saturated rings. The number of pyridine rings is 1. The van der Waals surface area contributed by atoms with E-state index in [0.29, 0.717) is 17.5 Å². The summed E-state index contributed by atoms with van der Waals surface area (Å²) < 4.78 is 5.89. The minimum absolute atomic E-state index is 0.187. The molecule has 1 saturated carbocycles. The summed E-state index contributed by atoms with van der Waals surface area (Å²) in [5, 5.41) is 8.82. The minimum atomic E-state index is 0.187. The zero-order chi connectivity index (χ0) is 12.3. The van der Waals surface area contributed by atoms with Gasteiger partial charge in [0.05, 0.1) is 11.6 Å². The molecule has 0 aromatic carbocycles. The molecule has 0 spiro atoms. The van der Waals surface area contributed by atoms with Gasteiger partial charge in [0.25, 0.3) is 0 Å². The Morgan fingerprint density at radius 3 is 3.00 bits per heavy atom. The van der Waals surface area contributed by atoms with E-state index in [2.05, 4.69) is 30.0 Å². The highest BCUT2D eigenvalue weighted by molar-refractivity contribution is 5.31. The van der Waals surface area contributed by atoms with Gasteiger partial charge in [0, 0.05) is 18.3 Å². The molecule has 1 aromatic rings. The van der Waals surface area contributed by atoms with E-state index in [1.54, 1.807) is 18.3 Å². The summed E-state index contributed by atoms with van der Waals surface area (Å²) in [4.78, 5) is 6.35. The molecular formula is C13H17N3O. The average Bonchev–Trinajstić information content (AvgIpc) is 2.77. The molecule has 4 nitrogen and oxygen atoms in total. The fourth-order valence-corrected chi connectivity index (χ4v) is 2.33. The second kappa shape index (κ2) is 5.15. The molecule has 2 atom stereocenters. The zero-order valence-electron chi connectivity index (χ0n) is 10.3. The Labute approximate surface area is 102 Å². The van der Waals surface area contributed by atoms with Crippen LogP contribution in [0.5, 0.6) is 5.88 Å². The topological polar surface area (TPSA) is 49.1 Å². The molecule has 0 saturated heterocycles. The molecule has 4 heteroatoms. The molecule has 0 radical (unpaired) electrons. The minimum Gasteiger partial charge on any atom is -0.473 e. The quantitative estimate of drug-likeness (QED) is 0.796. The third kappa shape index (κ3) is 2.75. The van der Waals surface area contributed by atoms with Crippen molar-refractivity contribution < 1.29 is 4.74 Å². The van der Waals surface area contributed by atoms with Crippen LogP contribution in [0.4, 0.5) is 0 Å². The lowest BCUT2D eigenvalue weighted by Gasteiger charge is -2.26. The summed E-state index contributed by atoms with van der Waals surface area (Å²) in [5.74, 6) is 0.558. The standard InChI is InChI=1S/C13H17N3O/c1-16(2)11-4-3-5-12(11)17-13-8-10(9-14)6-7-15-13/h6-8,11-12H,3-5H2,1-2H3. The fourth-order valence-electron chi connectivity index (χ4n) is 2.33. The van der Waals surface area contributed by atoms with Gasteiger partial charge in [0.2, 0.25) is 5.88 Å². The predicted octanol–water partition coefficient (Wildman–Crippen LogP) is 1.81. The van der Waals surface area contributed by atoms with E-state index >= 15 is 0 Å². The van der Waals surface area contributed by atoms with Gasteiger partial charge in [-0.25, -0.2) is 4.98 Å². The van der Waals surface area contributed by atoms with E-state index < -0.39 is 0 Å². The predicted molar refractivity (Wildman–Crippen MR) is 64.7 cm³/mol. The first kappa shape index (κ1) is 11.9. The summed E-state index contributed by atoms with van der Waals surface area (Å²) in [6, 6.07) is 5.93. The second-order valence-corrected chi connectivity index (χ2v) is 4.61. The highest BCUT2D eigenvalue weighted by atomic mass is 16.5. The zero-order valence-corrected chi connectivity index (χ0v) is 10.3. The van der Waals surface area contributed by atoms with E-state index in [-0.39, 0.29) is 6.10 Å². The van der Waals surface area contributed by atoms with Gasteiger partial charge in [-0.05, 0) is 39.4 Å². The molecule has 0 bridgehead atoms. The van der Waals surface area contributed by atoms with Gasteiger partial charge in [-0.1, -0.05) is 0 Å². The average molecular weight is 231 g/mol. The van der Waals surface area contributed by atoms with Crippen LogP contribution in [-0.2, 0) is 0 Å². The Kier molecular flexibility index (Phi) is 3.60. The number of rotatable bonds is 3. The Balaban J connectivity index is 2.07. The van der Waals surface area contributed by atoms with Crippen LogP contribution in [0.25, 0.3) is 0 Å². The Hall–Kier alpha value is -1.60. The maximum absolute atomic E-state index is 8.82. The highest BCUT2D eigenvalue weighted by Crippen LogP contribution is 2.26. The van der Waals surface area contributed by atoms with Crippen LogP contribution in [0.15, 0.2) is 18.3 Å². The normalized spacial score (nSPS) is 23.6. The van der Waals surface area contributed by atoms with Crippen LogP contribution in [0.1, 0.15) is 24.8 Å². The summed E-state index contributed by atoms with van der Waals surface area (Å²) in [6.45, 7) is 0. The number of hydrogen-bond acceptors (Lipinski definition) is 4. The van der Waals surface area contributed by atoms with Crippen LogP contribution >= 0.6 is 0 Å². The first-order valence-electron chi connectivity index (χ1n) is 5.90. The van der Waals surface area contributed by atoms with Crippen LogP contribution in [0.3, 0.4) is 0 Å². The van der Waals surface area contributed by atoms with Gasteiger partial charge < -0.3 is 9.64 Å². The van der Waals surface area contributed by atoms with Crippen molar-refractivity contribution >= 4 is 0 Å². The van der Waals surface area contributed by atoms with E-state index in [1.807, 2.05) is 0 Å². The lowest BCUT2D eigenvalue weighted by atomic mass is 10.2. The van der Waals surface area contributed by atoms with E-state index in [0.717, 1.165) is 12.8 Å². The van der Waals surface area contributed by atoms with Gasteiger partial charge in [-0.2, -0.15) is 5.26 Å². The Bertz CT molecular complexity index is 425. The van der Waals surface area contributed by atoms with Crippen molar-refractivity contribution in [2.45, 2.75) is 31.4 Å². The number of likely N-dealkylation sites (N-methyl/N-ethyl adjacent to an activating group) is 1.